The zero-order valence-corrected chi connectivity index (χ0v) is 12.0. The van der Waals surface area contributed by atoms with E-state index in [0.29, 0.717) is 17.1 Å². The Labute approximate surface area is 118 Å². The number of rotatable bonds is 3. The fourth-order valence-corrected chi connectivity index (χ4v) is 2.06. The van der Waals surface area contributed by atoms with E-state index in [4.69, 9.17) is 11.6 Å². The molecule has 1 aromatic carbocycles. The third-order valence-corrected chi connectivity index (χ3v) is 3.19. The maximum Gasteiger partial charge on any atom is 0.253 e. The molecule has 0 spiro atoms. The number of hydrogen-bond donors (Lipinski definition) is 1. The molecule has 0 atom stereocenters. The summed E-state index contributed by atoms with van der Waals surface area (Å²) in [6.07, 6.45) is 1.83. The van der Waals surface area contributed by atoms with Crippen LogP contribution < -0.4 is 5.32 Å². The number of benzene rings is 1. The minimum absolute atomic E-state index is 0.216. The Morgan fingerprint density at radius 1 is 1.50 bits per heavy atom. The van der Waals surface area contributed by atoms with E-state index < -0.39 is 0 Å². The molecule has 0 bridgehead atoms. The van der Waals surface area contributed by atoms with Crippen molar-refractivity contribution in [1.29, 1.82) is 0 Å². The van der Waals surface area contributed by atoms with Gasteiger partial charge in [0.15, 0.2) is 0 Å². The highest BCUT2D eigenvalue weighted by atomic mass is 79.9. The molecule has 1 aromatic heterocycles. The van der Waals surface area contributed by atoms with E-state index in [2.05, 4.69) is 26.3 Å². The molecule has 0 saturated carbocycles. The number of amides is 1. The molecule has 0 fully saturated rings. The highest BCUT2D eigenvalue weighted by molar-refractivity contribution is 9.10. The average Bonchev–Trinajstić information content (AvgIpc) is 2.75. The summed E-state index contributed by atoms with van der Waals surface area (Å²) in [6, 6.07) is 7.01. The Kier molecular flexibility index (Phi) is 4.04. The van der Waals surface area contributed by atoms with E-state index in [9.17, 15) is 4.79 Å². The number of halogens is 2. The van der Waals surface area contributed by atoms with Gasteiger partial charge in [-0.3, -0.25) is 9.48 Å². The first-order chi connectivity index (χ1) is 8.56. The normalized spacial score (nSPS) is 10.4. The maximum atomic E-state index is 11.9. The van der Waals surface area contributed by atoms with Crippen LogP contribution in [0.2, 0.25) is 5.02 Å². The molecule has 0 radical (unpaired) electrons. The van der Waals surface area contributed by atoms with Crippen LogP contribution in [0.15, 0.2) is 34.9 Å². The molecule has 1 heterocycles. The number of aryl methyl sites for hydroxylation is 1. The summed E-state index contributed by atoms with van der Waals surface area (Å²) < 4.78 is 2.50. The van der Waals surface area contributed by atoms with E-state index in [1.165, 1.54) is 0 Å². The largest absolute Gasteiger partial charge is 0.346 e. The van der Waals surface area contributed by atoms with Gasteiger partial charge in [-0.15, -0.1) is 0 Å². The van der Waals surface area contributed by atoms with Crippen LogP contribution in [0.25, 0.3) is 0 Å². The molecule has 0 aliphatic heterocycles. The van der Waals surface area contributed by atoms with Gasteiger partial charge in [0.25, 0.3) is 5.91 Å². The van der Waals surface area contributed by atoms with E-state index >= 15 is 0 Å². The monoisotopic (exact) mass is 327 g/mol. The van der Waals surface area contributed by atoms with Crippen LogP contribution in [0, 0.1) is 0 Å². The maximum absolute atomic E-state index is 11.9. The molecule has 4 nitrogen and oxygen atoms in total. The standard InChI is InChI=1S/C12H11BrClN3O/c1-17-5-4-9(16-17)7-15-12(18)10-6-8(13)2-3-11(10)14/h2-6H,7H2,1H3,(H,15,18). The highest BCUT2D eigenvalue weighted by Gasteiger charge is 2.10. The first-order valence-electron chi connectivity index (χ1n) is 5.28. The molecule has 0 aliphatic rings. The number of carbonyl (C=O) groups excluding carboxylic acids is 1. The Balaban J connectivity index is 2.05. The quantitative estimate of drug-likeness (QED) is 0.942. The van der Waals surface area contributed by atoms with Crippen LogP contribution in [0.3, 0.4) is 0 Å². The lowest BCUT2D eigenvalue weighted by Gasteiger charge is -2.05. The fourth-order valence-electron chi connectivity index (χ4n) is 1.50. The summed E-state index contributed by atoms with van der Waals surface area (Å²) >= 11 is 9.29. The van der Waals surface area contributed by atoms with Crippen molar-refractivity contribution in [3.05, 3.63) is 51.2 Å². The van der Waals surface area contributed by atoms with Crippen LogP contribution in [-0.4, -0.2) is 15.7 Å². The Morgan fingerprint density at radius 3 is 2.94 bits per heavy atom. The molecule has 0 aliphatic carbocycles. The second kappa shape index (κ2) is 5.54. The third kappa shape index (κ3) is 3.11. The lowest BCUT2D eigenvalue weighted by molar-refractivity contribution is 0.0950. The van der Waals surface area contributed by atoms with E-state index in [0.717, 1.165) is 10.2 Å². The first kappa shape index (κ1) is 13.1. The molecule has 18 heavy (non-hydrogen) atoms. The molecule has 1 N–H and O–H groups in total. The van der Waals surface area contributed by atoms with Gasteiger partial charge in [0.1, 0.15) is 0 Å². The fraction of sp³-hybridized carbons (Fsp3) is 0.167. The molecule has 1 amide bonds. The van der Waals surface area contributed by atoms with Crippen molar-refractivity contribution in [3.8, 4) is 0 Å². The van der Waals surface area contributed by atoms with Gasteiger partial charge in [0.2, 0.25) is 0 Å². The van der Waals surface area contributed by atoms with Gasteiger partial charge in [0, 0.05) is 17.7 Å². The smallest absolute Gasteiger partial charge is 0.253 e. The van der Waals surface area contributed by atoms with Crippen LogP contribution in [0.4, 0.5) is 0 Å². The van der Waals surface area contributed by atoms with Crippen molar-refractivity contribution < 1.29 is 4.79 Å². The molecule has 94 valence electrons. The van der Waals surface area contributed by atoms with Gasteiger partial charge in [-0.05, 0) is 24.3 Å². The second-order valence-electron chi connectivity index (χ2n) is 3.79. The molecule has 6 heteroatoms. The molecule has 2 aromatic rings. The molecule has 0 unspecified atom stereocenters. The number of aromatic nitrogens is 2. The topological polar surface area (TPSA) is 46.9 Å². The highest BCUT2D eigenvalue weighted by Crippen LogP contribution is 2.20. The van der Waals surface area contributed by atoms with Crippen LogP contribution in [0.1, 0.15) is 16.1 Å². The van der Waals surface area contributed by atoms with Gasteiger partial charge in [0.05, 0.1) is 22.8 Å². The predicted molar refractivity (Wildman–Crippen MR) is 73.5 cm³/mol. The zero-order valence-electron chi connectivity index (χ0n) is 9.65. The van der Waals surface area contributed by atoms with Crippen LogP contribution in [-0.2, 0) is 13.6 Å². The molecule has 2 rings (SSSR count). The summed E-state index contributed by atoms with van der Waals surface area (Å²) in [5.41, 5.74) is 1.25. The Hall–Kier alpha value is -1.33. The number of nitrogens with one attached hydrogen (secondary N) is 1. The summed E-state index contributed by atoms with van der Waals surface area (Å²) in [6.45, 7) is 0.377. The molecular formula is C12H11BrClN3O. The van der Waals surface area contributed by atoms with Gasteiger partial charge in [-0.25, -0.2) is 0 Å². The lowest BCUT2D eigenvalue weighted by atomic mass is 10.2. The number of carbonyl (C=O) groups is 1. The summed E-state index contributed by atoms with van der Waals surface area (Å²) in [4.78, 5) is 11.9. The van der Waals surface area contributed by atoms with Crippen LogP contribution in [0.5, 0.6) is 0 Å². The minimum Gasteiger partial charge on any atom is -0.346 e. The van der Waals surface area contributed by atoms with Crippen molar-refractivity contribution in [1.82, 2.24) is 15.1 Å². The van der Waals surface area contributed by atoms with Gasteiger partial charge < -0.3 is 5.32 Å². The van der Waals surface area contributed by atoms with Crippen molar-refractivity contribution in [3.63, 3.8) is 0 Å². The number of nitrogens with zero attached hydrogens (tertiary/aromatic N) is 2. The SMILES string of the molecule is Cn1ccc(CNC(=O)c2cc(Br)ccc2Cl)n1. The predicted octanol–water partition coefficient (Wildman–Crippen LogP) is 2.77. The minimum atomic E-state index is -0.216. The molecular weight excluding hydrogens is 318 g/mol. The van der Waals surface area contributed by atoms with Gasteiger partial charge >= 0.3 is 0 Å². The zero-order chi connectivity index (χ0) is 13.1. The van der Waals surface area contributed by atoms with Crippen molar-refractivity contribution in [2.24, 2.45) is 7.05 Å². The Bertz CT molecular complexity index is 582. The van der Waals surface area contributed by atoms with Crippen molar-refractivity contribution >= 4 is 33.4 Å². The van der Waals surface area contributed by atoms with E-state index in [1.807, 2.05) is 19.3 Å². The van der Waals surface area contributed by atoms with Crippen molar-refractivity contribution in [2.45, 2.75) is 6.54 Å². The van der Waals surface area contributed by atoms with Gasteiger partial charge in [-0.1, -0.05) is 27.5 Å². The summed E-state index contributed by atoms with van der Waals surface area (Å²) in [5.74, 6) is -0.216. The number of hydrogen-bond acceptors (Lipinski definition) is 2. The third-order valence-electron chi connectivity index (χ3n) is 2.37. The summed E-state index contributed by atoms with van der Waals surface area (Å²) in [7, 11) is 1.83. The van der Waals surface area contributed by atoms with E-state index in [-0.39, 0.29) is 5.91 Å². The first-order valence-corrected chi connectivity index (χ1v) is 6.45. The second-order valence-corrected chi connectivity index (χ2v) is 5.11. The Morgan fingerprint density at radius 2 is 2.28 bits per heavy atom. The molecule has 0 saturated heterocycles. The summed E-state index contributed by atoms with van der Waals surface area (Å²) in [5, 5.41) is 7.38. The van der Waals surface area contributed by atoms with Gasteiger partial charge in [-0.2, -0.15) is 5.10 Å². The average molecular weight is 329 g/mol. The van der Waals surface area contributed by atoms with Crippen LogP contribution >= 0.6 is 27.5 Å². The van der Waals surface area contributed by atoms with E-state index in [1.54, 1.807) is 22.9 Å². The van der Waals surface area contributed by atoms with Crippen molar-refractivity contribution in [2.75, 3.05) is 0 Å². The lowest BCUT2D eigenvalue weighted by Crippen LogP contribution is -2.23.